The van der Waals surface area contributed by atoms with Gasteiger partial charge in [-0.15, -0.1) is 0 Å². The summed E-state index contributed by atoms with van der Waals surface area (Å²) in [5, 5.41) is 0. The van der Waals surface area contributed by atoms with E-state index >= 15 is 0 Å². The third kappa shape index (κ3) is 6.46. The number of halogens is 1. The maximum Gasteiger partial charge on any atom is 0.217 e. The lowest BCUT2D eigenvalue weighted by molar-refractivity contribution is -0.118. The van der Waals surface area contributed by atoms with Crippen molar-refractivity contribution < 1.29 is 14.3 Å². The summed E-state index contributed by atoms with van der Waals surface area (Å²) in [6.07, 6.45) is 1.06. The second-order valence-electron chi connectivity index (χ2n) is 5.15. The number of nitrogens with two attached hydrogens (primary N) is 2. The molecule has 2 unspecified atom stereocenters. The molecule has 0 spiro atoms. The number of methoxy groups -OCH3 is 1. The minimum Gasteiger partial charge on any atom is -0.490 e. The molecule has 0 aliphatic carbocycles. The van der Waals surface area contributed by atoms with Crippen LogP contribution in [0.25, 0.3) is 0 Å². The lowest BCUT2D eigenvalue weighted by Crippen LogP contribution is -2.19. The van der Waals surface area contributed by atoms with Gasteiger partial charge in [-0.25, -0.2) is 0 Å². The number of amides is 1. The van der Waals surface area contributed by atoms with Gasteiger partial charge >= 0.3 is 0 Å². The lowest BCUT2D eigenvalue weighted by Gasteiger charge is -2.18. The van der Waals surface area contributed by atoms with Crippen molar-refractivity contribution in [3.8, 4) is 5.75 Å². The van der Waals surface area contributed by atoms with Gasteiger partial charge in [-0.3, -0.25) is 4.79 Å². The van der Waals surface area contributed by atoms with E-state index in [1.54, 1.807) is 7.11 Å². The minimum atomic E-state index is -0.294. The molecule has 118 valence electrons. The Bertz CT molecular complexity index is 468. The molecule has 0 aromatic heterocycles. The first-order chi connectivity index (χ1) is 9.93. The number of hydrogen-bond donors (Lipinski definition) is 2. The first-order valence-corrected chi connectivity index (χ1v) is 7.68. The number of carbonyl (C=O) groups excluding carboxylic acids is 1. The van der Waals surface area contributed by atoms with E-state index in [0.717, 1.165) is 15.8 Å². The molecule has 1 amide bonds. The molecule has 0 fully saturated rings. The molecule has 6 heteroatoms. The standard InChI is InChI=1S/C15H23BrN2O3/c1-10(8-15(18)19)7-13(17)11-3-4-14(12(16)9-11)21-6-5-20-2/h3-4,9-10,13H,5-8,17H2,1-2H3,(H2,18,19). The number of ether oxygens (including phenoxy) is 2. The topological polar surface area (TPSA) is 87.6 Å². The Balaban J connectivity index is 2.62. The van der Waals surface area contributed by atoms with Gasteiger partial charge in [0.1, 0.15) is 12.4 Å². The summed E-state index contributed by atoms with van der Waals surface area (Å²) < 4.78 is 11.4. The van der Waals surface area contributed by atoms with Crippen LogP contribution in [0, 0.1) is 5.92 Å². The largest absolute Gasteiger partial charge is 0.490 e. The van der Waals surface area contributed by atoms with Gasteiger partial charge in [0.15, 0.2) is 0 Å². The van der Waals surface area contributed by atoms with Crippen LogP contribution in [-0.4, -0.2) is 26.2 Å². The predicted octanol–water partition coefficient (Wildman–Crippen LogP) is 2.38. The molecule has 0 saturated carbocycles. The van der Waals surface area contributed by atoms with Crippen LogP contribution in [-0.2, 0) is 9.53 Å². The molecular weight excluding hydrogens is 336 g/mol. The normalized spacial score (nSPS) is 13.7. The summed E-state index contributed by atoms with van der Waals surface area (Å²) in [7, 11) is 1.63. The second-order valence-corrected chi connectivity index (χ2v) is 6.00. The van der Waals surface area contributed by atoms with Crippen LogP contribution >= 0.6 is 15.9 Å². The van der Waals surface area contributed by atoms with E-state index in [-0.39, 0.29) is 17.9 Å². The average molecular weight is 359 g/mol. The number of hydrogen-bond acceptors (Lipinski definition) is 4. The third-order valence-electron chi connectivity index (χ3n) is 3.14. The van der Waals surface area contributed by atoms with Crippen molar-refractivity contribution in [3.63, 3.8) is 0 Å². The second kappa shape index (κ2) is 9.02. The molecule has 4 N–H and O–H groups in total. The first-order valence-electron chi connectivity index (χ1n) is 6.89. The minimum absolute atomic E-state index is 0.135. The van der Waals surface area contributed by atoms with Gasteiger partial charge in [-0.1, -0.05) is 13.0 Å². The van der Waals surface area contributed by atoms with Crippen molar-refractivity contribution in [3.05, 3.63) is 28.2 Å². The molecule has 1 aromatic rings. The summed E-state index contributed by atoms with van der Waals surface area (Å²) >= 11 is 3.48. The zero-order valence-electron chi connectivity index (χ0n) is 12.5. The monoisotopic (exact) mass is 358 g/mol. The fourth-order valence-corrected chi connectivity index (χ4v) is 2.61. The highest BCUT2D eigenvalue weighted by Gasteiger charge is 2.14. The predicted molar refractivity (Wildman–Crippen MR) is 86.0 cm³/mol. The molecule has 1 rings (SSSR count). The molecular formula is C15H23BrN2O3. The molecule has 0 aliphatic heterocycles. The molecule has 0 aliphatic rings. The van der Waals surface area contributed by atoms with E-state index in [9.17, 15) is 4.79 Å². The van der Waals surface area contributed by atoms with Crippen LogP contribution in [0.5, 0.6) is 5.75 Å². The van der Waals surface area contributed by atoms with Crippen molar-refractivity contribution >= 4 is 21.8 Å². The molecule has 0 saturated heterocycles. The van der Waals surface area contributed by atoms with Crippen LogP contribution in [0.15, 0.2) is 22.7 Å². The van der Waals surface area contributed by atoms with E-state index in [2.05, 4.69) is 15.9 Å². The van der Waals surface area contributed by atoms with Crippen molar-refractivity contribution in [2.75, 3.05) is 20.3 Å². The van der Waals surface area contributed by atoms with Crippen LogP contribution in [0.2, 0.25) is 0 Å². The van der Waals surface area contributed by atoms with Gasteiger partial charge in [0, 0.05) is 19.6 Å². The molecule has 1 aromatic carbocycles. The molecule has 2 atom stereocenters. The molecule has 0 heterocycles. The van der Waals surface area contributed by atoms with Gasteiger partial charge in [0.2, 0.25) is 5.91 Å². The molecule has 0 bridgehead atoms. The zero-order chi connectivity index (χ0) is 15.8. The summed E-state index contributed by atoms with van der Waals surface area (Å²) in [5.41, 5.74) is 12.4. The number of primary amides is 1. The Kier molecular flexibility index (Phi) is 7.71. The maximum absolute atomic E-state index is 10.9. The summed E-state index contributed by atoms with van der Waals surface area (Å²) in [5.74, 6) is 0.625. The van der Waals surface area contributed by atoms with Gasteiger partial charge in [0.25, 0.3) is 0 Å². The molecule has 0 radical (unpaired) electrons. The summed E-state index contributed by atoms with van der Waals surface area (Å²) in [4.78, 5) is 10.9. The Labute approximate surface area is 134 Å². The Morgan fingerprint density at radius 2 is 2.10 bits per heavy atom. The fraction of sp³-hybridized carbons (Fsp3) is 0.533. The van der Waals surface area contributed by atoms with Crippen molar-refractivity contribution in [2.24, 2.45) is 17.4 Å². The first kappa shape index (κ1) is 17.9. The van der Waals surface area contributed by atoms with Gasteiger partial charge in [-0.05, 0) is 46.0 Å². The summed E-state index contributed by atoms with van der Waals surface area (Å²) in [6, 6.07) is 5.63. The Morgan fingerprint density at radius 1 is 1.38 bits per heavy atom. The third-order valence-corrected chi connectivity index (χ3v) is 3.75. The van der Waals surface area contributed by atoms with Crippen LogP contribution in [0.1, 0.15) is 31.4 Å². The van der Waals surface area contributed by atoms with Crippen LogP contribution in [0.3, 0.4) is 0 Å². The maximum atomic E-state index is 10.9. The van der Waals surface area contributed by atoms with E-state index in [1.165, 1.54) is 0 Å². The lowest BCUT2D eigenvalue weighted by atomic mass is 9.94. The fourth-order valence-electron chi connectivity index (χ4n) is 2.10. The smallest absolute Gasteiger partial charge is 0.217 e. The van der Waals surface area contributed by atoms with E-state index < -0.39 is 0 Å². The number of carbonyl (C=O) groups is 1. The molecule has 5 nitrogen and oxygen atoms in total. The Hall–Kier alpha value is -1.11. The zero-order valence-corrected chi connectivity index (χ0v) is 14.1. The number of benzene rings is 1. The SMILES string of the molecule is COCCOc1ccc(C(N)CC(C)CC(N)=O)cc1Br. The van der Waals surface area contributed by atoms with Gasteiger partial charge < -0.3 is 20.9 Å². The quantitative estimate of drug-likeness (QED) is 0.663. The van der Waals surface area contributed by atoms with Crippen molar-refractivity contribution in [1.82, 2.24) is 0 Å². The van der Waals surface area contributed by atoms with Crippen molar-refractivity contribution in [2.45, 2.75) is 25.8 Å². The van der Waals surface area contributed by atoms with E-state index in [1.807, 2.05) is 25.1 Å². The number of rotatable bonds is 9. The highest BCUT2D eigenvalue weighted by molar-refractivity contribution is 9.10. The van der Waals surface area contributed by atoms with E-state index in [0.29, 0.717) is 26.1 Å². The average Bonchev–Trinajstić information content (AvgIpc) is 2.39. The highest BCUT2D eigenvalue weighted by Crippen LogP contribution is 2.30. The van der Waals surface area contributed by atoms with E-state index in [4.69, 9.17) is 20.9 Å². The van der Waals surface area contributed by atoms with Gasteiger partial charge in [-0.2, -0.15) is 0 Å². The van der Waals surface area contributed by atoms with Gasteiger partial charge in [0.05, 0.1) is 11.1 Å². The summed E-state index contributed by atoms with van der Waals surface area (Å²) in [6.45, 7) is 3.01. The Morgan fingerprint density at radius 3 is 2.67 bits per heavy atom. The van der Waals surface area contributed by atoms with Crippen LogP contribution in [0.4, 0.5) is 0 Å². The van der Waals surface area contributed by atoms with Crippen molar-refractivity contribution in [1.29, 1.82) is 0 Å². The van der Waals surface area contributed by atoms with Crippen LogP contribution < -0.4 is 16.2 Å². The molecule has 21 heavy (non-hydrogen) atoms. The highest BCUT2D eigenvalue weighted by atomic mass is 79.9.